The monoisotopic (exact) mass is 246 g/mol. The Kier molecular flexibility index (Phi) is 4.24. The average molecular weight is 246 g/mol. The van der Waals surface area contributed by atoms with E-state index in [2.05, 4.69) is 30.5 Å². The van der Waals surface area contributed by atoms with Gasteiger partial charge in [0.05, 0.1) is 0 Å². The third-order valence-corrected chi connectivity index (χ3v) is 3.62. The van der Waals surface area contributed by atoms with Crippen molar-refractivity contribution in [1.29, 1.82) is 0 Å². The van der Waals surface area contributed by atoms with Gasteiger partial charge in [-0.2, -0.15) is 0 Å². The molecule has 2 rings (SSSR count). The molecule has 0 aliphatic carbocycles. The second-order valence-electron chi connectivity index (χ2n) is 5.00. The van der Waals surface area contributed by atoms with Crippen LogP contribution in [0.2, 0.25) is 0 Å². The van der Waals surface area contributed by atoms with Crippen molar-refractivity contribution in [2.75, 3.05) is 11.9 Å². The zero-order valence-corrected chi connectivity index (χ0v) is 11.2. The normalized spacial score (nSPS) is 21.2. The lowest BCUT2D eigenvalue weighted by molar-refractivity contribution is -0.122. The number of fused-ring (bicyclic) bond motifs is 1. The number of hydrogen-bond acceptors (Lipinski definition) is 2. The summed E-state index contributed by atoms with van der Waals surface area (Å²) in [4.78, 5) is 12.1. The van der Waals surface area contributed by atoms with Gasteiger partial charge < -0.3 is 10.6 Å². The molecule has 0 saturated carbocycles. The molecule has 0 spiro atoms. The maximum Gasteiger partial charge on any atom is 0.243 e. The second-order valence-corrected chi connectivity index (χ2v) is 5.00. The fraction of sp³-hybridized carbons (Fsp3) is 0.533. The van der Waals surface area contributed by atoms with E-state index < -0.39 is 0 Å². The lowest BCUT2D eigenvalue weighted by atomic mass is 9.97. The molecule has 18 heavy (non-hydrogen) atoms. The highest BCUT2D eigenvalue weighted by Gasteiger charge is 2.33. The third-order valence-electron chi connectivity index (χ3n) is 3.62. The van der Waals surface area contributed by atoms with Crippen LogP contribution < -0.4 is 10.6 Å². The molecule has 1 amide bonds. The summed E-state index contributed by atoms with van der Waals surface area (Å²) in [5.41, 5.74) is 2.34. The molecule has 0 radical (unpaired) electrons. The summed E-state index contributed by atoms with van der Waals surface area (Å²) in [6.45, 7) is 5.06. The van der Waals surface area contributed by atoms with Gasteiger partial charge in [0, 0.05) is 18.2 Å². The number of nitrogens with one attached hydrogen (secondary N) is 2. The van der Waals surface area contributed by atoms with Gasteiger partial charge in [-0.1, -0.05) is 44.9 Å². The molecule has 1 heterocycles. The van der Waals surface area contributed by atoms with Crippen molar-refractivity contribution < 1.29 is 4.79 Å². The summed E-state index contributed by atoms with van der Waals surface area (Å²) in [5, 5.41) is 6.34. The van der Waals surface area contributed by atoms with Crippen LogP contribution in [0.1, 0.15) is 44.6 Å². The fourth-order valence-corrected chi connectivity index (χ4v) is 2.49. The SMILES string of the molecule is CCCCCNC(=O)[C@H]1Nc2ccccc2[C@H]1C. The Bertz CT molecular complexity index is 417. The zero-order chi connectivity index (χ0) is 13.0. The van der Waals surface area contributed by atoms with Gasteiger partial charge in [0.1, 0.15) is 6.04 Å². The molecule has 1 aliphatic heterocycles. The number of para-hydroxylation sites is 1. The number of hydrogen-bond donors (Lipinski definition) is 2. The highest BCUT2D eigenvalue weighted by Crippen LogP contribution is 2.35. The lowest BCUT2D eigenvalue weighted by Gasteiger charge is -2.16. The molecule has 0 saturated heterocycles. The quantitative estimate of drug-likeness (QED) is 0.784. The number of benzene rings is 1. The van der Waals surface area contributed by atoms with Crippen LogP contribution in [0.4, 0.5) is 5.69 Å². The van der Waals surface area contributed by atoms with Crippen molar-refractivity contribution in [1.82, 2.24) is 5.32 Å². The van der Waals surface area contributed by atoms with E-state index in [1.807, 2.05) is 18.2 Å². The van der Waals surface area contributed by atoms with Crippen LogP contribution in [0.15, 0.2) is 24.3 Å². The Labute approximate surface area is 109 Å². The molecular formula is C15H22N2O. The van der Waals surface area contributed by atoms with Gasteiger partial charge in [-0.05, 0) is 18.1 Å². The van der Waals surface area contributed by atoms with Crippen molar-refractivity contribution >= 4 is 11.6 Å². The summed E-state index contributed by atoms with van der Waals surface area (Å²) in [5.74, 6) is 0.363. The molecule has 0 fully saturated rings. The molecule has 0 unspecified atom stereocenters. The minimum atomic E-state index is -0.121. The largest absolute Gasteiger partial charge is 0.373 e. The highest BCUT2D eigenvalue weighted by molar-refractivity contribution is 5.88. The van der Waals surface area contributed by atoms with Gasteiger partial charge in [0.15, 0.2) is 0 Å². The number of unbranched alkanes of at least 4 members (excludes halogenated alkanes) is 2. The summed E-state index contributed by atoms with van der Waals surface area (Å²) in [7, 11) is 0. The molecule has 98 valence electrons. The van der Waals surface area contributed by atoms with Crippen LogP contribution in [0.5, 0.6) is 0 Å². The van der Waals surface area contributed by atoms with E-state index in [0.717, 1.165) is 18.7 Å². The van der Waals surface area contributed by atoms with E-state index in [1.54, 1.807) is 0 Å². The first kappa shape index (κ1) is 12.9. The molecule has 1 aromatic carbocycles. The molecule has 1 aliphatic rings. The Morgan fingerprint density at radius 2 is 2.11 bits per heavy atom. The minimum Gasteiger partial charge on any atom is -0.373 e. The molecule has 2 atom stereocenters. The Morgan fingerprint density at radius 1 is 1.33 bits per heavy atom. The van der Waals surface area contributed by atoms with Crippen LogP contribution in [-0.4, -0.2) is 18.5 Å². The maximum atomic E-state index is 12.1. The molecule has 0 aromatic heterocycles. The van der Waals surface area contributed by atoms with Gasteiger partial charge in [0.2, 0.25) is 5.91 Å². The number of rotatable bonds is 5. The van der Waals surface area contributed by atoms with Gasteiger partial charge in [-0.25, -0.2) is 0 Å². The van der Waals surface area contributed by atoms with E-state index in [-0.39, 0.29) is 17.9 Å². The van der Waals surface area contributed by atoms with Crippen molar-refractivity contribution in [3.63, 3.8) is 0 Å². The Balaban J connectivity index is 1.90. The van der Waals surface area contributed by atoms with Gasteiger partial charge in [-0.15, -0.1) is 0 Å². The Morgan fingerprint density at radius 3 is 2.83 bits per heavy atom. The number of amides is 1. The van der Waals surface area contributed by atoms with Gasteiger partial charge in [-0.3, -0.25) is 4.79 Å². The molecular weight excluding hydrogens is 224 g/mol. The van der Waals surface area contributed by atoms with Crippen LogP contribution >= 0.6 is 0 Å². The zero-order valence-electron chi connectivity index (χ0n) is 11.2. The number of carbonyl (C=O) groups is 1. The highest BCUT2D eigenvalue weighted by atomic mass is 16.2. The van der Waals surface area contributed by atoms with E-state index in [1.165, 1.54) is 18.4 Å². The first-order chi connectivity index (χ1) is 8.74. The van der Waals surface area contributed by atoms with Crippen LogP contribution in [-0.2, 0) is 4.79 Å². The first-order valence-electron chi connectivity index (χ1n) is 6.87. The molecule has 3 nitrogen and oxygen atoms in total. The molecule has 3 heteroatoms. The minimum absolute atomic E-state index is 0.120. The van der Waals surface area contributed by atoms with E-state index in [0.29, 0.717) is 0 Å². The van der Waals surface area contributed by atoms with Gasteiger partial charge in [0.25, 0.3) is 0 Å². The summed E-state index contributed by atoms with van der Waals surface area (Å²) < 4.78 is 0. The number of anilines is 1. The van der Waals surface area contributed by atoms with Crippen molar-refractivity contribution in [2.45, 2.75) is 45.1 Å². The van der Waals surface area contributed by atoms with Crippen LogP contribution in [0, 0.1) is 0 Å². The standard InChI is InChI=1S/C15H22N2O/c1-3-4-7-10-16-15(18)14-11(2)12-8-5-6-9-13(12)17-14/h5-6,8-9,11,14,17H,3-4,7,10H2,1-2H3,(H,16,18)/t11-,14+/m1/s1. The summed E-state index contributed by atoms with van der Waals surface area (Å²) in [6, 6.07) is 8.04. The topological polar surface area (TPSA) is 41.1 Å². The van der Waals surface area contributed by atoms with Crippen molar-refractivity contribution in [3.8, 4) is 0 Å². The third kappa shape index (κ3) is 2.66. The average Bonchev–Trinajstić information content (AvgIpc) is 2.73. The Hall–Kier alpha value is -1.51. The summed E-state index contributed by atoms with van der Waals surface area (Å²) >= 11 is 0. The number of carbonyl (C=O) groups excluding carboxylic acids is 1. The molecule has 0 bridgehead atoms. The van der Waals surface area contributed by atoms with Crippen molar-refractivity contribution in [3.05, 3.63) is 29.8 Å². The second kappa shape index (κ2) is 5.89. The maximum absolute atomic E-state index is 12.1. The fourth-order valence-electron chi connectivity index (χ4n) is 2.49. The van der Waals surface area contributed by atoms with Crippen molar-refractivity contribution in [2.24, 2.45) is 0 Å². The van der Waals surface area contributed by atoms with Crippen LogP contribution in [0.3, 0.4) is 0 Å². The van der Waals surface area contributed by atoms with E-state index >= 15 is 0 Å². The van der Waals surface area contributed by atoms with Crippen LogP contribution in [0.25, 0.3) is 0 Å². The first-order valence-corrected chi connectivity index (χ1v) is 6.87. The predicted molar refractivity (Wildman–Crippen MR) is 74.8 cm³/mol. The summed E-state index contributed by atoms with van der Waals surface area (Å²) in [6.07, 6.45) is 3.42. The van der Waals surface area contributed by atoms with E-state index in [4.69, 9.17) is 0 Å². The van der Waals surface area contributed by atoms with Gasteiger partial charge >= 0.3 is 0 Å². The molecule has 2 N–H and O–H groups in total. The predicted octanol–water partition coefficient (Wildman–Crippen LogP) is 2.89. The van der Waals surface area contributed by atoms with E-state index in [9.17, 15) is 4.79 Å². The molecule has 1 aromatic rings. The lowest BCUT2D eigenvalue weighted by Crippen LogP contribution is -2.40. The smallest absolute Gasteiger partial charge is 0.243 e.